The van der Waals surface area contributed by atoms with Gasteiger partial charge < -0.3 is 4.90 Å². The van der Waals surface area contributed by atoms with E-state index in [9.17, 15) is 9.70 Å². The molecule has 0 saturated heterocycles. The summed E-state index contributed by atoms with van der Waals surface area (Å²) in [4.78, 5) is 26.9. The van der Waals surface area contributed by atoms with E-state index < -0.39 is 0 Å². The van der Waals surface area contributed by atoms with Crippen molar-refractivity contribution in [1.82, 2.24) is 9.91 Å². The van der Waals surface area contributed by atoms with Crippen molar-refractivity contribution in [2.75, 3.05) is 28.2 Å². The number of nitrogens with zero attached hydrogens (tertiary/aromatic N) is 3. The van der Waals surface area contributed by atoms with Gasteiger partial charge >= 0.3 is 0 Å². The molecule has 120 valence electrons. The summed E-state index contributed by atoms with van der Waals surface area (Å²) < 4.78 is 0. The van der Waals surface area contributed by atoms with Crippen molar-refractivity contribution in [1.29, 1.82) is 0 Å². The smallest absolute Gasteiger partial charge is 0.293 e. The maximum atomic E-state index is 12.3. The fourth-order valence-corrected chi connectivity index (χ4v) is 2.39. The molecule has 2 rings (SSSR count). The molecule has 23 heavy (non-hydrogen) atoms. The number of hydrogen-bond donors (Lipinski definition) is 0. The van der Waals surface area contributed by atoms with E-state index >= 15 is 0 Å². The minimum absolute atomic E-state index is 0.131. The van der Waals surface area contributed by atoms with Crippen molar-refractivity contribution in [3.05, 3.63) is 58.5 Å². The molecule has 5 nitrogen and oxygen atoms in total. The number of nitroso groups, excluding NO2 is 1. The van der Waals surface area contributed by atoms with Gasteiger partial charge in [-0.3, -0.25) is 4.79 Å². The van der Waals surface area contributed by atoms with Crippen molar-refractivity contribution in [3.63, 3.8) is 0 Å². The van der Waals surface area contributed by atoms with E-state index in [0.29, 0.717) is 11.3 Å². The van der Waals surface area contributed by atoms with E-state index in [2.05, 4.69) is 0 Å². The molecule has 0 aliphatic carbocycles. The van der Waals surface area contributed by atoms with Crippen LogP contribution in [0.2, 0.25) is 0 Å². The van der Waals surface area contributed by atoms with Gasteiger partial charge in [0.05, 0.1) is 19.0 Å². The largest absolute Gasteiger partial charge is 0.345 e. The lowest BCUT2D eigenvalue weighted by molar-refractivity contribution is -0.627. The van der Waals surface area contributed by atoms with E-state index in [0.717, 1.165) is 21.6 Å². The van der Waals surface area contributed by atoms with E-state index in [1.165, 1.54) is 9.91 Å². The van der Waals surface area contributed by atoms with Crippen LogP contribution < -0.4 is 0 Å². The van der Waals surface area contributed by atoms with Crippen LogP contribution in [0, 0.1) is 11.8 Å². The van der Waals surface area contributed by atoms with Gasteiger partial charge in [0.2, 0.25) is 0 Å². The molecule has 0 saturated carbocycles. The second-order valence-electron chi connectivity index (χ2n) is 5.90. The summed E-state index contributed by atoms with van der Waals surface area (Å²) >= 11 is 0. The lowest BCUT2D eigenvalue weighted by atomic mass is 9.98. The van der Waals surface area contributed by atoms with Crippen LogP contribution in [0.5, 0.6) is 0 Å². The molecule has 0 unspecified atom stereocenters. The van der Waals surface area contributed by atoms with Crippen molar-refractivity contribution < 1.29 is 9.66 Å². The zero-order valence-corrected chi connectivity index (χ0v) is 14.2. The number of benzene rings is 2. The molecule has 2 aromatic rings. The molecular weight excluding hydrogens is 290 g/mol. The van der Waals surface area contributed by atoms with Gasteiger partial charge in [-0.05, 0) is 29.7 Å². The third-order valence-corrected chi connectivity index (χ3v) is 3.61. The second-order valence-corrected chi connectivity index (χ2v) is 5.90. The van der Waals surface area contributed by atoms with E-state index in [-0.39, 0.29) is 5.91 Å². The Balaban J connectivity index is 2.65. The minimum Gasteiger partial charge on any atom is -0.345 e. The molecule has 0 fully saturated rings. The number of amides is 1. The Labute approximate surface area is 136 Å². The molecule has 0 aliphatic rings. The normalized spacial score (nSPS) is 10.3. The summed E-state index contributed by atoms with van der Waals surface area (Å²) in [6.07, 6.45) is 0. The SMILES string of the molecule is Cc1ccccc1-c1cc(C(=O)N(C)C)cc([N+](=O)N(C)C)c1. The third kappa shape index (κ3) is 3.56. The van der Waals surface area contributed by atoms with Gasteiger partial charge in [0.1, 0.15) is 0 Å². The lowest BCUT2D eigenvalue weighted by Crippen LogP contribution is -2.23. The number of carbonyl (C=O) groups is 1. The van der Waals surface area contributed by atoms with Gasteiger partial charge in [-0.15, -0.1) is 5.01 Å². The molecule has 0 heterocycles. The monoisotopic (exact) mass is 312 g/mol. The van der Waals surface area contributed by atoms with Crippen molar-refractivity contribution >= 4 is 11.6 Å². The zero-order valence-electron chi connectivity index (χ0n) is 14.2. The van der Waals surface area contributed by atoms with Crippen LogP contribution in [-0.4, -0.2) is 48.9 Å². The van der Waals surface area contributed by atoms with Gasteiger partial charge in [-0.2, -0.15) is 0 Å². The highest BCUT2D eigenvalue weighted by molar-refractivity contribution is 5.96. The molecule has 0 aliphatic heterocycles. The van der Waals surface area contributed by atoms with Crippen LogP contribution in [-0.2, 0) is 0 Å². The Morgan fingerprint density at radius 3 is 2.22 bits per heavy atom. The highest BCUT2D eigenvalue weighted by Gasteiger charge is 2.22. The van der Waals surface area contributed by atoms with Crippen molar-refractivity contribution in [2.45, 2.75) is 6.92 Å². The molecule has 0 atom stereocenters. The van der Waals surface area contributed by atoms with Gasteiger partial charge in [-0.25, -0.2) is 0 Å². The molecule has 1 amide bonds. The van der Waals surface area contributed by atoms with Gasteiger partial charge in [0, 0.05) is 31.8 Å². The van der Waals surface area contributed by atoms with E-state index in [4.69, 9.17) is 0 Å². The van der Waals surface area contributed by atoms with Crippen LogP contribution in [0.4, 0.5) is 5.69 Å². The molecule has 0 aromatic heterocycles. The molecule has 2 aromatic carbocycles. The van der Waals surface area contributed by atoms with Crippen molar-refractivity contribution in [2.24, 2.45) is 0 Å². The summed E-state index contributed by atoms with van der Waals surface area (Å²) in [5.74, 6) is -0.131. The summed E-state index contributed by atoms with van der Waals surface area (Å²) in [6, 6.07) is 13.2. The predicted octanol–water partition coefficient (Wildman–Crippen LogP) is 3.25. The fraction of sp³-hybridized carbons (Fsp3) is 0.278. The number of aryl methyl sites for hydroxylation is 1. The first-order valence-electron chi connectivity index (χ1n) is 7.38. The van der Waals surface area contributed by atoms with Crippen LogP contribution in [0.1, 0.15) is 15.9 Å². The number of rotatable bonds is 4. The van der Waals surface area contributed by atoms with Gasteiger partial charge in [-0.1, -0.05) is 24.3 Å². The second kappa shape index (κ2) is 6.60. The molecular formula is C18H22N3O2+. The number of hydrazine groups is 1. The molecule has 5 heteroatoms. The molecule has 0 N–H and O–H groups in total. The third-order valence-electron chi connectivity index (χ3n) is 3.61. The highest BCUT2D eigenvalue weighted by Crippen LogP contribution is 2.29. The van der Waals surface area contributed by atoms with Gasteiger partial charge in [0.15, 0.2) is 4.87 Å². The Morgan fingerprint density at radius 2 is 1.65 bits per heavy atom. The predicted molar refractivity (Wildman–Crippen MR) is 91.6 cm³/mol. The average molecular weight is 312 g/mol. The maximum Gasteiger partial charge on any atom is 0.293 e. The van der Waals surface area contributed by atoms with Crippen LogP contribution in [0.3, 0.4) is 0 Å². The van der Waals surface area contributed by atoms with Crippen molar-refractivity contribution in [3.8, 4) is 11.1 Å². The first-order valence-corrected chi connectivity index (χ1v) is 7.38. The summed E-state index contributed by atoms with van der Waals surface area (Å²) in [5.41, 5.74) is 3.88. The average Bonchev–Trinajstić information content (AvgIpc) is 2.53. The first-order chi connectivity index (χ1) is 10.8. The summed E-state index contributed by atoms with van der Waals surface area (Å²) in [5, 5.41) is 1.43. The summed E-state index contributed by atoms with van der Waals surface area (Å²) in [6.45, 7) is 2.01. The van der Waals surface area contributed by atoms with Crippen LogP contribution >= 0.6 is 0 Å². The summed E-state index contributed by atoms with van der Waals surface area (Å²) in [7, 11) is 6.73. The number of carbonyl (C=O) groups excluding carboxylic acids is 1. The Bertz CT molecular complexity index is 713. The zero-order chi connectivity index (χ0) is 17.1. The fourth-order valence-electron chi connectivity index (χ4n) is 2.39. The topological polar surface area (TPSA) is 43.6 Å². The molecule has 0 bridgehead atoms. The molecule has 0 radical (unpaired) electrons. The molecule has 0 spiro atoms. The Hall–Kier alpha value is -2.69. The highest BCUT2D eigenvalue weighted by atomic mass is 16.3. The Kier molecular flexibility index (Phi) is 4.79. The minimum atomic E-state index is -0.131. The van der Waals surface area contributed by atoms with Crippen LogP contribution in [0.25, 0.3) is 11.1 Å². The quantitative estimate of drug-likeness (QED) is 0.643. The number of hydrogen-bond acceptors (Lipinski definition) is 2. The first kappa shape index (κ1) is 16.7. The van der Waals surface area contributed by atoms with Gasteiger partial charge in [0.25, 0.3) is 11.6 Å². The Morgan fingerprint density at radius 1 is 1.00 bits per heavy atom. The van der Waals surface area contributed by atoms with Crippen LogP contribution in [0.15, 0.2) is 42.5 Å². The van der Waals surface area contributed by atoms with E-state index in [1.54, 1.807) is 34.3 Å². The maximum absolute atomic E-state index is 12.3. The lowest BCUT2D eigenvalue weighted by Gasteiger charge is -2.13. The standard InChI is InChI=1S/C18H22N3O2/c1-13-8-6-7-9-17(13)14-10-15(18(22)19(2)3)12-16(11-14)21(23)20(4)5/h6-12H,1-5H3/q+1. The van der Waals surface area contributed by atoms with E-state index in [1.807, 2.05) is 43.3 Å².